The van der Waals surface area contributed by atoms with Crippen molar-refractivity contribution in [1.82, 2.24) is 5.32 Å². The molecule has 0 spiro atoms. The van der Waals surface area contributed by atoms with E-state index in [-0.39, 0.29) is 0 Å². The molecule has 0 radical (unpaired) electrons. The summed E-state index contributed by atoms with van der Waals surface area (Å²) >= 11 is 0. The molecule has 1 unspecified atom stereocenters. The Hall–Kier alpha value is -1.33. The van der Waals surface area contributed by atoms with Crippen molar-refractivity contribution in [3.63, 3.8) is 0 Å². The fourth-order valence-electron chi connectivity index (χ4n) is 2.50. The van der Waals surface area contributed by atoms with Crippen LogP contribution in [0.2, 0.25) is 0 Å². The number of rotatable bonds is 4. The van der Waals surface area contributed by atoms with Crippen molar-refractivity contribution in [2.24, 2.45) is 0 Å². The number of hydrogen-bond donors (Lipinski definition) is 1. The summed E-state index contributed by atoms with van der Waals surface area (Å²) in [6.45, 7) is 0. The van der Waals surface area contributed by atoms with Crippen LogP contribution in [0.4, 0.5) is 0 Å². The Bertz CT molecular complexity index is 404. The minimum absolute atomic E-state index is 0.325. The minimum atomic E-state index is 0.325. The molecule has 1 aromatic carbocycles. The van der Waals surface area contributed by atoms with E-state index in [0.717, 1.165) is 6.42 Å². The van der Waals surface area contributed by atoms with Gasteiger partial charge in [-0.3, -0.25) is 0 Å². The Morgan fingerprint density at radius 3 is 2.94 bits per heavy atom. The van der Waals surface area contributed by atoms with Crippen LogP contribution in [0.5, 0.6) is 0 Å². The zero-order valence-electron chi connectivity index (χ0n) is 9.79. The molecule has 0 saturated heterocycles. The summed E-state index contributed by atoms with van der Waals surface area (Å²) in [4.78, 5) is 0. The maximum atomic E-state index is 8.63. The summed E-state index contributed by atoms with van der Waals surface area (Å²) in [6, 6.07) is 9.33. The number of aryl methyl sites for hydroxylation is 2. The molecule has 0 fully saturated rings. The third-order valence-electron chi connectivity index (χ3n) is 3.42. The van der Waals surface area contributed by atoms with Gasteiger partial charge >= 0.3 is 0 Å². The lowest BCUT2D eigenvalue weighted by atomic mass is 9.98. The van der Waals surface area contributed by atoms with Gasteiger partial charge in [0, 0.05) is 12.5 Å². The van der Waals surface area contributed by atoms with Crippen molar-refractivity contribution in [3.05, 3.63) is 34.9 Å². The molecule has 0 bridgehead atoms. The number of benzene rings is 1. The maximum absolute atomic E-state index is 8.63. The van der Waals surface area contributed by atoms with Crippen LogP contribution in [0.3, 0.4) is 0 Å². The highest BCUT2D eigenvalue weighted by Gasteiger charge is 2.14. The minimum Gasteiger partial charge on any atom is -0.313 e. The highest BCUT2D eigenvalue weighted by atomic mass is 14.9. The summed E-state index contributed by atoms with van der Waals surface area (Å²) in [5.41, 5.74) is 4.35. The van der Waals surface area contributed by atoms with E-state index in [1.165, 1.54) is 36.0 Å². The monoisotopic (exact) mass is 214 g/mol. The van der Waals surface area contributed by atoms with Crippen molar-refractivity contribution in [2.45, 2.75) is 38.1 Å². The van der Waals surface area contributed by atoms with Crippen molar-refractivity contribution < 1.29 is 0 Å². The van der Waals surface area contributed by atoms with E-state index in [2.05, 4.69) is 29.6 Å². The SMILES string of the molecule is CNC(CCC#N)c1ccc2c(c1)CCC2. The second kappa shape index (κ2) is 5.14. The van der Waals surface area contributed by atoms with Crippen LogP contribution < -0.4 is 5.32 Å². The quantitative estimate of drug-likeness (QED) is 0.836. The fraction of sp³-hybridized carbons (Fsp3) is 0.500. The first-order valence-corrected chi connectivity index (χ1v) is 6.01. The molecule has 2 heteroatoms. The summed E-state index contributed by atoms with van der Waals surface area (Å²) in [5, 5.41) is 11.9. The summed E-state index contributed by atoms with van der Waals surface area (Å²) in [6.07, 6.45) is 5.26. The van der Waals surface area contributed by atoms with Crippen LogP contribution >= 0.6 is 0 Å². The summed E-state index contributed by atoms with van der Waals surface area (Å²) < 4.78 is 0. The number of nitrogens with one attached hydrogen (secondary N) is 1. The molecule has 0 aromatic heterocycles. The first kappa shape index (κ1) is 11.2. The third-order valence-corrected chi connectivity index (χ3v) is 3.42. The van der Waals surface area contributed by atoms with E-state index in [1.54, 1.807) is 0 Å². The average molecular weight is 214 g/mol. The van der Waals surface area contributed by atoms with E-state index in [0.29, 0.717) is 12.5 Å². The molecule has 0 heterocycles. The first-order chi connectivity index (χ1) is 7.85. The van der Waals surface area contributed by atoms with Gasteiger partial charge in [-0.2, -0.15) is 5.26 Å². The molecular formula is C14H18N2. The molecule has 0 amide bonds. The highest BCUT2D eigenvalue weighted by molar-refractivity contribution is 5.36. The van der Waals surface area contributed by atoms with Gasteiger partial charge < -0.3 is 5.32 Å². The van der Waals surface area contributed by atoms with Crippen LogP contribution in [0, 0.1) is 11.3 Å². The molecular weight excluding hydrogens is 196 g/mol. The second-order valence-electron chi connectivity index (χ2n) is 4.42. The lowest BCUT2D eigenvalue weighted by molar-refractivity contribution is 0.556. The highest BCUT2D eigenvalue weighted by Crippen LogP contribution is 2.26. The fourth-order valence-corrected chi connectivity index (χ4v) is 2.50. The van der Waals surface area contributed by atoms with Crippen LogP contribution in [0.1, 0.15) is 42.0 Å². The largest absolute Gasteiger partial charge is 0.313 e. The maximum Gasteiger partial charge on any atom is 0.0622 e. The van der Waals surface area contributed by atoms with Crippen molar-refractivity contribution in [3.8, 4) is 6.07 Å². The van der Waals surface area contributed by atoms with Crippen LogP contribution in [-0.4, -0.2) is 7.05 Å². The van der Waals surface area contributed by atoms with Gasteiger partial charge in [-0.1, -0.05) is 18.2 Å². The van der Waals surface area contributed by atoms with Gasteiger partial charge in [0.15, 0.2) is 0 Å². The predicted octanol–water partition coefficient (Wildman–Crippen LogP) is 2.74. The Kier molecular flexibility index (Phi) is 3.58. The van der Waals surface area contributed by atoms with Crippen LogP contribution in [0.25, 0.3) is 0 Å². The Morgan fingerprint density at radius 1 is 1.38 bits per heavy atom. The van der Waals surface area contributed by atoms with Gasteiger partial charge in [-0.15, -0.1) is 0 Å². The lowest BCUT2D eigenvalue weighted by Crippen LogP contribution is -2.16. The Balaban J connectivity index is 2.16. The zero-order valence-corrected chi connectivity index (χ0v) is 9.79. The number of nitrogens with zero attached hydrogens (tertiary/aromatic N) is 1. The van der Waals surface area contributed by atoms with Gasteiger partial charge in [0.1, 0.15) is 0 Å². The average Bonchev–Trinajstić information content (AvgIpc) is 2.77. The molecule has 2 nitrogen and oxygen atoms in total. The van der Waals surface area contributed by atoms with Crippen molar-refractivity contribution >= 4 is 0 Å². The first-order valence-electron chi connectivity index (χ1n) is 6.01. The van der Waals surface area contributed by atoms with E-state index in [1.807, 2.05) is 7.05 Å². The molecule has 1 N–H and O–H groups in total. The van der Waals surface area contributed by atoms with E-state index in [4.69, 9.17) is 5.26 Å². The normalized spacial score (nSPS) is 15.5. The van der Waals surface area contributed by atoms with Gasteiger partial charge in [0.25, 0.3) is 0 Å². The molecule has 2 rings (SSSR count). The van der Waals surface area contributed by atoms with Crippen molar-refractivity contribution in [2.75, 3.05) is 7.05 Å². The molecule has 0 aliphatic heterocycles. The van der Waals surface area contributed by atoms with E-state index in [9.17, 15) is 0 Å². The van der Waals surface area contributed by atoms with Crippen molar-refractivity contribution in [1.29, 1.82) is 5.26 Å². The summed E-state index contributed by atoms with van der Waals surface area (Å²) in [7, 11) is 1.97. The topological polar surface area (TPSA) is 35.8 Å². The molecule has 84 valence electrons. The third kappa shape index (κ3) is 2.25. The second-order valence-corrected chi connectivity index (χ2v) is 4.42. The molecule has 1 atom stereocenters. The molecule has 16 heavy (non-hydrogen) atoms. The van der Waals surface area contributed by atoms with E-state index < -0.39 is 0 Å². The lowest BCUT2D eigenvalue weighted by Gasteiger charge is -2.16. The van der Waals surface area contributed by atoms with Gasteiger partial charge in [0.05, 0.1) is 6.07 Å². The van der Waals surface area contributed by atoms with Gasteiger partial charge in [0.2, 0.25) is 0 Å². The van der Waals surface area contributed by atoms with Crippen LogP contribution in [0.15, 0.2) is 18.2 Å². The van der Waals surface area contributed by atoms with Crippen LogP contribution in [-0.2, 0) is 12.8 Å². The molecule has 1 aliphatic rings. The molecule has 0 saturated carbocycles. The number of fused-ring (bicyclic) bond motifs is 1. The van der Waals surface area contributed by atoms with Gasteiger partial charge in [-0.05, 0) is 49.4 Å². The molecule has 1 aliphatic carbocycles. The smallest absolute Gasteiger partial charge is 0.0622 e. The summed E-state index contributed by atoms with van der Waals surface area (Å²) in [5.74, 6) is 0. The standard InChI is InChI=1S/C14H18N2/c1-16-14(6-3-9-15)13-8-7-11-4-2-5-12(11)10-13/h7-8,10,14,16H,2-6H2,1H3. The molecule has 1 aromatic rings. The van der Waals surface area contributed by atoms with Gasteiger partial charge in [-0.25, -0.2) is 0 Å². The van der Waals surface area contributed by atoms with E-state index >= 15 is 0 Å². The Labute approximate surface area is 97.3 Å². The Morgan fingerprint density at radius 2 is 2.19 bits per heavy atom. The zero-order chi connectivity index (χ0) is 11.4. The number of hydrogen-bond acceptors (Lipinski definition) is 2. The predicted molar refractivity (Wildman–Crippen MR) is 65.1 cm³/mol. The number of nitriles is 1.